The Bertz CT molecular complexity index is 623. The number of benzene rings is 1. The molecule has 18 heavy (non-hydrogen) atoms. The average molecular weight is 242 g/mol. The Hall–Kier alpha value is -2.03. The van der Waals surface area contributed by atoms with Gasteiger partial charge in [0.15, 0.2) is 5.78 Å². The molecule has 0 saturated carbocycles. The van der Waals surface area contributed by atoms with Gasteiger partial charge in [0.25, 0.3) is 0 Å². The number of hydrogen-bond donors (Lipinski definition) is 0. The van der Waals surface area contributed by atoms with Gasteiger partial charge in [-0.05, 0) is 31.5 Å². The van der Waals surface area contributed by atoms with Crippen molar-refractivity contribution in [1.82, 2.24) is 0 Å². The highest BCUT2D eigenvalue weighted by Gasteiger charge is 2.23. The van der Waals surface area contributed by atoms with Crippen LogP contribution in [0.5, 0.6) is 5.75 Å². The van der Waals surface area contributed by atoms with Crippen molar-refractivity contribution < 1.29 is 13.9 Å². The number of ether oxygens (including phenoxy) is 1. The van der Waals surface area contributed by atoms with Crippen LogP contribution in [0.2, 0.25) is 0 Å². The molecule has 3 nitrogen and oxygen atoms in total. The van der Waals surface area contributed by atoms with E-state index in [0.29, 0.717) is 23.5 Å². The molecular weight excluding hydrogens is 228 g/mol. The number of para-hydroxylation sites is 1. The fraction of sp³-hybridized carbons (Fsp3) is 0.267. The standard InChI is InChI=1S/C15H14O3/c1-9-8-13(10(2)18-9)14(16)12-5-3-4-11-6-7-17-15(11)12/h3-5,8H,6-7H2,1-2H3. The summed E-state index contributed by atoms with van der Waals surface area (Å²) in [7, 11) is 0. The Kier molecular flexibility index (Phi) is 2.47. The van der Waals surface area contributed by atoms with Crippen LogP contribution in [0.15, 0.2) is 28.7 Å². The molecule has 0 fully saturated rings. The fourth-order valence-electron chi connectivity index (χ4n) is 2.40. The first-order valence-corrected chi connectivity index (χ1v) is 6.03. The minimum absolute atomic E-state index is 0.0249. The van der Waals surface area contributed by atoms with E-state index in [1.165, 1.54) is 0 Å². The topological polar surface area (TPSA) is 39.4 Å². The van der Waals surface area contributed by atoms with Crippen LogP contribution in [0.1, 0.15) is 33.0 Å². The van der Waals surface area contributed by atoms with Crippen LogP contribution >= 0.6 is 0 Å². The molecule has 3 rings (SSSR count). The van der Waals surface area contributed by atoms with E-state index in [4.69, 9.17) is 9.15 Å². The van der Waals surface area contributed by atoms with Crippen molar-refractivity contribution in [3.63, 3.8) is 0 Å². The molecule has 1 aromatic heterocycles. The number of furan rings is 1. The monoisotopic (exact) mass is 242 g/mol. The number of hydrogen-bond acceptors (Lipinski definition) is 3. The van der Waals surface area contributed by atoms with Gasteiger partial charge in [0, 0.05) is 6.42 Å². The van der Waals surface area contributed by atoms with Crippen molar-refractivity contribution in [2.24, 2.45) is 0 Å². The highest BCUT2D eigenvalue weighted by molar-refractivity contribution is 6.11. The molecule has 1 aliphatic rings. The van der Waals surface area contributed by atoms with Crippen LogP contribution in [-0.4, -0.2) is 12.4 Å². The molecule has 0 saturated heterocycles. The molecule has 3 heteroatoms. The maximum Gasteiger partial charge on any atom is 0.200 e. The summed E-state index contributed by atoms with van der Waals surface area (Å²) in [5.74, 6) is 2.13. The Morgan fingerprint density at radius 3 is 2.78 bits per heavy atom. The predicted molar refractivity (Wildman–Crippen MR) is 67.3 cm³/mol. The summed E-state index contributed by atoms with van der Waals surface area (Å²) in [4.78, 5) is 12.5. The molecule has 2 aromatic rings. The predicted octanol–water partition coefficient (Wildman–Crippen LogP) is 3.06. The molecular formula is C15H14O3. The number of fused-ring (bicyclic) bond motifs is 1. The van der Waals surface area contributed by atoms with E-state index in [0.717, 1.165) is 23.5 Å². The van der Waals surface area contributed by atoms with Crippen LogP contribution in [0, 0.1) is 13.8 Å². The van der Waals surface area contributed by atoms with Crippen LogP contribution in [0.25, 0.3) is 0 Å². The zero-order chi connectivity index (χ0) is 12.7. The number of carbonyl (C=O) groups excluding carboxylic acids is 1. The fourth-order valence-corrected chi connectivity index (χ4v) is 2.40. The zero-order valence-electron chi connectivity index (χ0n) is 10.4. The minimum Gasteiger partial charge on any atom is -0.492 e. The van der Waals surface area contributed by atoms with Gasteiger partial charge in [0.05, 0.1) is 17.7 Å². The summed E-state index contributed by atoms with van der Waals surface area (Å²) in [5, 5.41) is 0. The van der Waals surface area contributed by atoms with E-state index >= 15 is 0 Å². The second-order valence-electron chi connectivity index (χ2n) is 4.55. The van der Waals surface area contributed by atoms with Crippen molar-refractivity contribution >= 4 is 5.78 Å². The summed E-state index contributed by atoms with van der Waals surface area (Å²) < 4.78 is 11.0. The number of ketones is 1. The van der Waals surface area contributed by atoms with Gasteiger partial charge in [-0.3, -0.25) is 4.79 Å². The molecule has 0 spiro atoms. The van der Waals surface area contributed by atoms with Gasteiger partial charge in [-0.15, -0.1) is 0 Å². The number of rotatable bonds is 2. The molecule has 0 aliphatic carbocycles. The molecule has 0 radical (unpaired) electrons. The van der Waals surface area contributed by atoms with Crippen LogP contribution in [-0.2, 0) is 6.42 Å². The third-order valence-electron chi connectivity index (χ3n) is 3.24. The van der Waals surface area contributed by atoms with Gasteiger partial charge in [0.1, 0.15) is 17.3 Å². The van der Waals surface area contributed by atoms with Gasteiger partial charge in [-0.1, -0.05) is 12.1 Å². The van der Waals surface area contributed by atoms with Crippen molar-refractivity contribution in [3.8, 4) is 5.75 Å². The maximum atomic E-state index is 12.5. The van der Waals surface area contributed by atoms with Crippen molar-refractivity contribution in [1.29, 1.82) is 0 Å². The lowest BCUT2D eigenvalue weighted by Gasteiger charge is -2.06. The molecule has 1 aromatic carbocycles. The smallest absolute Gasteiger partial charge is 0.200 e. The average Bonchev–Trinajstić information content (AvgIpc) is 2.94. The Morgan fingerprint density at radius 2 is 2.06 bits per heavy atom. The minimum atomic E-state index is -0.0249. The maximum absolute atomic E-state index is 12.5. The lowest BCUT2D eigenvalue weighted by atomic mass is 10.00. The largest absolute Gasteiger partial charge is 0.492 e. The van der Waals surface area contributed by atoms with Gasteiger partial charge < -0.3 is 9.15 Å². The summed E-state index contributed by atoms with van der Waals surface area (Å²) in [6.45, 7) is 4.31. The molecule has 0 unspecified atom stereocenters. The van der Waals surface area contributed by atoms with Crippen molar-refractivity contribution in [2.75, 3.05) is 6.61 Å². The van der Waals surface area contributed by atoms with Crippen LogP contribution < -0.4 is 4.74 Å². The Morgan fingerprint density at radius 1 is 1.22 bits per heavy atom. The van der Waals surface area contributed by atoms with Crippen LogP contribution in [0.4, 0.5) is 0 Å². The van der Waals surface area contributed by atoms with Gasteiger partial charge in [-0.2, -0.15) is 0 Å². The van der Waals surface area contributed by atoms with Gasteiger partial charge in [-0.25, -0.2) is 0 Å². The normalized spacial score (nSPS) is 13.2. The van der Waals surface area contributed by atoms with E-state index in [-0.39, 0.29) is 5.78 Å². The molecule has 2 heterocycles. The lowest BCUT2D eigenvalue weighted by molar-refractivity contribution is 0.103. The number of aryl methyl sites for hydroxylation is 2. The summed E-state index contributed by atoms with van der Waals surface area (Å²) in [5.41, 5.74) is 2.36. The number of carbonyl (C=O) groups is 1. The SMILES string of the molecule is Cc1cc(C(=O)c2cccc3c2OCC3)c(C)o1. The van der Waals surface area contributed by atoms with E-state index in [1.807, 2.05) is 32.0 Å². The Balaban J connectivity index is 2.08. The van der Waals surface area contributed by atoms with Crippen molar-refractivity contribution in [2.45, 2.75) is 20.3 Å². The van der Waals surface area contributed by atoms with E-state index in [1.54, 1.807) is 6.07 Å². The van der Waals surface area contributed by atoms with Crippen molar-refractivity contribution in [3.05, 3.63) is 52.5 Å². The van der Waals surface area contributed by atoms with Gasteiger partial charge >= 0.3 is 0 Å². The molecule has 1 aliphatic heterocycles. The molecule has 0 amide bonds. The zero-order valence-corrected chi connectivity index (χ0v) is 10.4. The Labute approximate surface area is 105 Å². The summed E-state index contributed by atoms with van der Waals surface area (Å²) >= 11 is 0. The van der Waals surface area contributed by atoms with Gasteiger partial charge in [0.2, 0.25) is 0 Å². The molecule has 0 N–H and O–H groups in total. The molecule has 0 bridgehead atoms. The van der Waals surface area contributed by atoms with Crippen LogP contribution in [0.3, 0.4) is 0 Å². The summed E-state index contributed by atoms with van der Waals surface area (Å²) in [6, 6.07) is 7.51. The second-order valence-corrected chi connectivity index (χ2v) is 4.55. The first-order chi connectivity index (χ1) is 8.66. The third-order valence-corrected chi connectivity index (χ3v) is 3.24. The van der Waals surface area contributed by atoms with E-state index in [9.17, 15) is 4.79 Å². The first-order valence-electron chi connectivity index (χ1n) is 6.03. The quantitative estimate of drug-likeness (QED) is 0.760. The van der Waals surface area contributed by atoms with E-state index in [2.05, 4.69) is 0 Å². The lowest BCUT2D eigenvalue weighted by Crippen LogP contribution is -2.03. The summed E-state index contributed by atoms with van der Waals surface area (Å²) in [6.07, 6.45) is 0.875. The second kappa shape index (κ2) is 4.02. The highest BCUT2D eigenvalue weighted by atomic mass is 16.5. The highest BCUT2D eigenvalue weighted by Crippen LogP contribution is 2.31. The molecule has 92 valence electrons. The molecule has 0 atom stereocenters. The van der Waals surface area contributed by atoms with E-state index < -0.39 is 0 Å². The first kappa shape index (κ1) is 11.1. The third kappa shape index (κ3) is 1.63.